The zero-order chi connectivity index (χ0) is 24.0. The van der Waals surface area contributed by atoms with Crippen molar-refractivity contribution in [3.05, 3.63) is 106 Å². The second-order valence-electron chi connectivity index (χ2n) is 8.58. The second kappa shape index (κ2) is 8.78. The number of halogens is 1. The molecule has 0 amide bonds. The molecule has 2 aromatic heterocycles. The van der Waals surface area contributed by atoms with Crippen molar-refractivity contribution >= 4 is 34.6 Å². The lowest BCUT2D eigenvalue weighted by molar-refractivity contribution is 0.472. The fourth-order valence-electron chi connectivity index (χ4n) is 4.88. The number of phenolic OH excluding ortho intramolecular Hbond substituents is 1. The third kappa shape index (κ3) is 3.73. The maximum absolute atomic E-state index is 10.7. The number of nitrogens with one attached hydrogen (secondary N) is 1. The van der Waals surface area contributed by atoms with Gasteiger partial charge in [-0.2, -0.15) is 0 Å². The number of rotatable bonds is 4. The molecule has 34 heavy (non-hydrogen) atoms. The van der Waals surface area contributed by atoms with E-state index in [1.54, 1.807) is 12.3 Å². The number of para-hydroxylation sites is 2. The molecule has 0 aliphatic carbocycles. The smallest absolute Gasteiger partial charge is 0.174 e. The van der Waals surface area contributed by atoms with Crippen LogP contribution in [0.2, 0.25) is 5.02 Å². The van der Waals surface area contributed by atoms with E-state index in [0.717, 1.165) is 33.9 Å². The highest BCUT2D eigenvalue weighted by molar-refractivity contribution is 7.80. The first-order valence-corrected chi connectivity index (χ1v) is 11.9. The number of aromatic hydroxyl groups is 1. The molecule has 1 saturated heterocycles. The normalized spacial score (nSPS) is 17.8. The van der Waals surface area contributed by atoms with Crippen LogP contribution in [-0.2, 0) is 0 Å². The third-order valence-corrected chi connectivity index (χ3v) is 6.99. The van der Waals surface area contributed by atoms with Gasteiger partial charge in [-0.3, -0.25) is 4.98 Å². The van der Waals surface area contributed by atoms with Crippen LogP contribution in [0.25, 0.3) is 5.69 Å². The molecule has 7 heteroatoms. The molecule has 5 rings (SSSR count). The summed E-state index contributed by atoms with van der Waals surface area (Å²) in [5, 5.41) is 15.4. The maximum Gasteiger partial charge on any atom is 0.174 e. The first-order chi connectivity index (χ1) is 16.4. The SMILES string of the molecule is Cc1ccc(Cl)cc1-n1c(C)cc([C@@H]2[C@H](c3ccccn3)NC(=S)N2c2ccccc2O)c1C. The van der Waals surface area contributed by atoms with E-state index in [2.05, 4.69) is 41.7 Å². The molecule has 0 radical (unpaired) electrons. The number of anilines is 1. The van der Waals surface area contributed by atoms with Gasteiger partial charge in [0.1, 0.15) is 5.75 Å². The van der Waals surface area contributed by atoms with Crippen LogP contribution in [0.1, 0.15) is 40.3 Å². The second-order valence-corrected chi connectivity index (χ2v) is 9.40. The Bertz CT molecular complexity index is 1380. The first-order valence-electron chi connectivity index (χ1n) is 11.1. The Morgan fingerprint density at radius 3 is 2.47 bits per heavy atom. The van der Waals surface area contributed by atoms with Crippen LogP contribution >= 0.6 is 23.8 Å². The van der Waals surface area contributed by atoms with Crippen molar-refractivity contribution in [2.24, 2.45) is 0 Å². The number of hydrogen-bond donors (Lipinski definition) is 2. The predicted molar refractivity (Wildman–Crippen MR) is 141 cm³/mol. The number of thiocarbonyl (C=S) groups is 1. The van der Waals surface area contributed by atoms with Crippen LogP contribution in [0, 0.1) is 20.8 Å². The van der Waals surface area contributed by atoms with Gasteiger partial charge in [0, 0.05) is 28.3 Å². The Balaban J connectivity index is 1.72. The summed E-state index contributed by atoms with van der Waals surface area (Å²) in [6.45, 7) is 6.29. The average molecular weight is 489 g/mol. The van der Waals surface area contributed by atoms with E-state index in [1.165, 1.54) is 0 Å². The summed E-state index contributed by atoms with van der Waals surface area (Å²) in [7, 11) is 0. The molecule has 1 aliphatic rings. The lowest BCUT2D eigenvalue weighted by atomic mass is 9.96. The van der Waals surface area contributed by atoms with Crippen LogP contribution in [0.3, 0.4) is 0 Å². The maximum atomic E-state index is 10.7. The molecule has 5 nitrogen and oxygen atoms in total. The van der Waals surface area contributed by atoms with Crippen LogP contribution in [0.15, 0.2) is 72.9 Å². The van der Waals surface area contributed by atoms with Crippen molar-refractivity contribution in [3.63, 3.8) is 0 Å². The molecule has 2 aromatic carbocycles. The molecule has 4 aromatic rings. The Morgan fingerprint density at radius 1 is 0.971 bits per heavy atom. The minimum Gasteiger partial charge on any atom is -0.506 e. The van der Waals surface area contributed by atoms with Crippen LogP contribution in [0.4, 0.5) is 5.69 Å². The Morgan fingerprint density at radius 2 is 1.74 bits per heavy atom. The number of aryl methyl sites for hydroxylation is 2. The van der Waals surface area contributed by atoms with Crippen molar-refractivity contribution in [1.82, 2.24) is 14.9 Å². The monoisotopic (exact) mass is 488 g/mol. The molecule has 172 valence electrons. The average Bonchev–Trinajstić information content (AvgIpc) is 3.31. The molecule has 1 aliphatic heterocycles. The number of nitrogens with zero attached hydrogens (tertiary/aromatic N) is 3. The summed E-state index contributed by atoms with van der Waals surface area (Å²) in [6, 6.07) is 20.9. The number of aromatic nitrogens is 2. The zero-order valence-electron chi connectivity index (χ0n) is 19.2. The van der Waals surface area contributed by atoms with Crippen LogP contribution in [0.5, 0.6) is 5.75 Å². The van der Waals surface area contributed by atoms with Crippen molar-refractivity contribution in [1.29, 1.82) is 0 Å². The number of benzene rings is 2. The fourth-order valence-corrected chi connectivity index (χ4v) is 5.38. The Kier molecular flexibility index (Phi) is 5.80. The lowest BCUT2D eigenvalue weighted by Crippen LogP contribution is -2.29. The number of phenols is 1. The Hall–Kier alpha value is -3.35. The molecule has 2 atom stereocenters. The van der Waals surface area contributed by atoms with Gasteiger partial charge in [0.25, 0.3) is 0 Å². The Labute approximate surface area is 209 Å². The van der Waals surface area contributed by atoms with E-state index in [1.807, 2.05) is 59.5 Å². The van der Waals surface area contributed by atoms with E-state index >= 15 is 0 Å². The van der Waals surface area contributed by atoms with Gasteiger partial charge < -0.3 is 19.9 Å². The quantitative estimate of drug-likeness (QED) is 0.328. The highest BCUT2D eigenvalue weighted by Gasteiger charge is 2.43. The topological polar surface area (TPSA) is 53.3 Å². The first kappa shape index (κ1) is 22.4. The van der Waals surface area contributed by atoms with Crippen LogP contribution in [-0.4, -0.2) is 19.8 Å². The standard InChI is InChI=1S/C27H25ClN4OS/c1-16-11-12-19(28)15-23(16)31-17(2)14-20(18(31)3)26-25(21-8-6-7-13-29-21)30-27(34)32(26)22-9-4-5-10-24(22)33/h4-15,25-26,33H,1-3H3,(H,30,34)/t25-,26+/m0/s1. The number of hydrogen-bond acceptors (Lipinski definition) is 3. The molecule has 0 saturated carbocycles. The summed E-state index contributed by atoms with van der Waals surface area (Å²) in [6.07, 6.45) is 1.79. The van der Waals surface area contributed by atoms with Gasteiger partial charge in [-0.25, -0.2) is 0 Å². The summed E-state index contributed by atoms with van der Waals surface area (Å²) in [5.41, 5.74) is 7.00. The minimum absolute atomic E-state index is 0.179. The molecule has 0 bridgehead atoms. The van der Waals surface area contributed by atoms with E-state index < -0.39 is 0 Å². The highest BCUT2D eigenvalue weighted by Crippen LogP contribution is 2.46. The summed E-state index contributed by atoms with van der Waals surface area (Å²) >= 11 is 12.2. The highest BCUT2D eigenvalue weighted by atomic mass is 35.5. The molecule has 3 heterocycles. The van der Waals surface area contributed by atoms with Crippen molar-refractivity contribution in [3.8, 4) is 11.4 Å². The van der Waals surface area contributed by atoms with Crippen LogP contribution < -0.4 is 10.2 Å². The van der Waals surface area contributed by atoms with Crippen molar-refractivity contribution < 1.29 is 5.11 Å². The van der Waals surface area contributed by atoms with Crippen molar-refractivity contribution in [2.75, 3.05) is 4.90 Å². The summed E-state index contributed by atoms with van der Waals surface area (Å²) in [5.74, 6) is 0.179. The van der Waals surface area contributed by atoms with Gasteiger partial charge in [-0.05, 0) is 86.6 Å². The molecular formula is C27H25ClN4OS. The number of pyridine rings is 1. The van der Waals surface area contributed by atoms with E-state index in [9.17, 15) is 5.11 Å². The molecule has 0 unspecified atom stereocenters. The van der Waals surface area contributed by atoms with Gasteiger partial charge >= 0.3 is 0 Å². The summed E-state index contributed by atoms with van der Waals surface area (Å²) in [4.78, 5) is 6.63. The minimum atomic E-state index is -0.213. The van der Waals surface area contributed by atoms with Gasteiger partial charge in [0.05, 0.1) is 23.5 Å². The molecule has 2 N–H and O–H groups in total. The predicted octanol–water partition coefficient (Wildman–Crippen LogP) is 6.33. The molecule has 0 spiro atoms. The zero-order valence-corrected chi connectivity index (χ0v) is 20.7. The van der Waals surface area contributed by atoms with Gasteiger partial charge in [0.2, 0.25) is 0 Å². The van der Waals surface area contributed by atoms with E-state index in [0.29, 0.717) is 15.8 Å². The van der Waals surface area contributed by atoms with E-state index in [4.69, 9.17) is 23.8 Å². The lowest BCUT2D eigenvalue weighted by Gasteiger charge is -2.28. The van der Waals surface area contributed by atoms with Crippen molar-refractivity contribution in [2.45, 2.75) is 32.9 Å². The largest absolute Gasteiger partial charge is 0.506 e. The van der Waals surface area contributed by atoms with E-state index in [-0.39, 0.29) is 17.8 Å². The van der Waals surface area contributed by atoms with Gasteiger partial charge in [-0.15, -0.1) is 0 Å². The summed E-state index contributed by atoms with van der Waals surface area (Å²) < 4.78 is 2.23. The third-order valence-electron chi connectivity index (χ3n) is 6.44. The molecule has 1 fully saturated rings. The fraction of sp³-hybridized carbons (Fsp3) is 0.185. The molecular weight excluding hydrogens is 464 g/mol. The van der Waals surface area contributed by atoms with Gasteiger partial charge in [0.15, 0.2) is 5.11 Å². The van der Waals surface area contributed by atoms with Gasteiger partial charge in [-0.1, -0.05) is 35.9 Å².